The zero-order valence-electron chi connectivity index (χ0n) is 10.1. The number of carbonyl (C=O) groups is 1. The first-order valence-corrected chi connectivity index (χ1v) is 6.55. The van der Waals surface area contributed by atoms with Crippen molar-refractivity contribution in [2.75, 3.05) is 0 Å². The molecule has 1 heterocycles. The number of hydrogen-bond donors (Lipinski definition) is 2. The summed E-state index contributed by atoms with van der Waals surface area (Å²) in [4.78, 5) is 16.2. The Kier molecular flexibility index (Phi) is 3.74. The molecule has 4 nitrogen and oxygen atoms in total. The molecule has 0 saturated carbocycles. The van der Waals surface area contributed by atoms with Gasteiger partial charge in [0.2, 0.25) is 5.91 Å². The summed E-state index contributed by atoms with van der Waals surface area (Å²) < 4.78 is 0. The number of rotatable bonds is 4. The van der Waals surface area contributed by atoms with Crippen LogP contribution in [0.4, 0.5) is 0 Å². The van der Waals surface area contributed by atoms with Gasteiger partial charge in [-0.05, 0) is 12.5 Å². The predicted octanol–water partition coefficient (Wildman–Crippen LogP) is 1.63. The van der Waals surface area contributed by atoms with Crippen LogP contribution in [0, 0.1) is 0 Å². The quantitative estimate of drug-likeness (QED) is 0.879. The molecule has 94 valence electrons. The smallest absolute Gasteiger partial charge is 0.244 e. The summed E-state index contributed by atoms with van der Waals surface area (Å²) in [5.74, 6) is -0.207. The second-order valence-corrected chi connectivity index (χ2v) is 4.95. The average molecular weight is 261 g/mol. The van der Waals surface area contributed by atoms with Crippen LogP contribution in [-0.4, -0.2) is 10.9 Å². The maximum Gasteiger partial charge on any atom is 0.244 e. The molecule has 0 bridgehead atoms. The molecule has 0 aliphatic rings. The number of nitrogens with two attached hydrogens (primary N) is 1. The molecule has 3 N–H and O–H groups in total. The second kappa shape index (κ2) is 5.29. The molecule has 1 aromatic carbocycles. The molecule has 0 radical (unpaired) electrons. The Labute approximate surface area is 110 Å². The van der Waals surface area contributed by atoms with E-state index in [1.165, 1.54) is 11.3 Å². The van der Waals surface area contributed by atoms with E-state index in [9.17, 15) is 4.79 Å². The predicted molar refractivity (Wildman–Crippen MR) is 71.9 cm³/mol. The molecule has 1 aromatic heterocycles. The zero-order valence-corrected chi connectivity index (χ0v) is 10.9. The van der Waals surface area contributed by atoms with E-state index in [-0.39, 0.29) is 5.91 Å². The fraction of sp³-hybridized carbons (Fsp3) is 0.231. The molecule has 1 atom stereocenters. The summed E-state index contributed by atoms with van der Waals surface area (Å²) in [5, 5.41) is 4.70. The molecule has 18 heavy (non-hydrogen) atoms. The number of thiazole rings is 1. The van der Waals surface area contributed by atoms with E-state index in [0.717, 1.165) is 11.3 Å². The molecule has 0 saturated heterocycles. The Morgan fingerprint density at radius 1 is 1.44 bits per heavy atom. The lowest BCUT2D eigenvalue weighted by molar-refractivity contribution is -0.126. The van der Waals surface area contributed by atoms with Crippen molar-refractivity contribution in [3.05, 3.63) is 52.5 Å². The Morgan fingerprint density at radius 2 is 2.17 bits per heavy atom. The van der Waals surface area contributed by atoms with E-state index >= 15 is 0 Å². The number of nitrogens with zero attached hydrogens (tertiary/aromatic N) is 1. The molecule has 1 amide bonds. The van der Waals surface area contributed by atoms with Crippen LogP contribution in [0.1, 0.15) is 18.2 Å². The Morgan fingerprint density at radius 3 is 2.78 bits per heavy atom. The summed E-state index contributed by atoms with van der Waals surface area (Å²) in [6.07, 6.45) is 0. The summed E-state index contributed by atoms with van der Waals surface area (Å²) in [7, 11) is 0. The first kappa shape index (κ1) is 12.7. The van der Waals surface area contributed by atoms with Gasteiger partial charge < -0.3 is 11.1 Å². The van der Waals surface area contributed by atoms with E-state index in [1.807, 2.05) is 35.7 Å². The lowest BCUT2D eigenvalue weighted by atomic mass is 9.92. The molecular weight excluding hydrogens is 246 g/mol. The molecule has 0 aliphatic carbocycles. The maximum absolute atomic E-state index is 12.1. The third-order valence-electron chi connectivity index (χ3n) is 2.76. The van der Waals surface area contributed by atoms with Gasteiger partial charge in [0.15, 0.2) is 0 Å². The van der Waals surface area contributed by atoms with Crippen LogP contribution in [0.5, 0.6) is 0 Å². The number of hydrogen-bond acceptors (Lipinski definition) is 4. The monoisotopic (exact) mass is 261 g/mol. The van der Waals surface area contributed by atoms with Crippen molar-refractivity contribution in [3.63, 3.8) is 0 Å². The number of carbonyl (C=O) groups excluding carboxylic acids is 1. The van der Waals surface area contributed by atoms with Crippen molar-refractivity contribution in [1.82, 2.24) is 10.3 Å². The first-order valence-electron chi connectivity index (χ1n) is 5.60. The second-order valence-electron chi connectivity index (χ2n) is 4.23. The van der Waals surface area contributed by atoms with E-state index in [4.69, 9.17) is 5.73 Å². The zero-order chi connectivity index (χ0) is 13.0. The fourth-order valence-corrected chi connectivity index (χ4v) is 2.15. The molecular formula is C13H15N3OS. The molecule has 2 aromatic rings. The van der Waals surface area contributed by atoms with Crippen LogP contribution < -0.4 is 11.1 Å². The highest BCUT2D eigenvalue weighted by molar-refractivity contribution is 7.07. The average Bonchev–Trinajstić information content (AvgIpc) is 2.90. The Bertz CT molecular complexity index is 508. The summed E-state index contributed by atoms with van der Waals surface area (Å²) >= 11 is 1.50. The van der Waals surface area contributed by atoms with Crippen molar-refractivity contribution in [1.29, 1.82) is 0 Å². The van der Waals surface area contributed by atoms with Gasteiger partial charge in [-0.25, -0.2) is 4.98 Å². The Hall–Kier alpha value is -1.72. The highest BCUT2D eigenvalue weighted by atomic mass is 32.1. The Balaban J connectivity index is 2.04. The molecule has 0 spiro atoms. The molecule has 0 fully saturated rings. The van der Waals surface area contributed by atoms with E-state index < -0.39 is 5.54 Å². The van der Waals surface area contributed by atoms with Crippen LogP contribution in [-0.2, 0) is 16.9 Å². The van der Waals surface area contributed by atoms with Gasteiger partial charge in [-0.1, -0.05) is 30.3 Å². The minimum atomic E-state index is -1.03. The largest absolute Gasteiger partial charge is 0.349 e. The van der Waals surface area contributed by atoms with Crippen LogP contribution in [0.25, 0.3) is 0 Å². The van der Waals surface area contributed by atoms with Crippen molar-refractivity contribution in [2.45, 2.75) is 19.0 Å². The third-order valence-corrected chi connectivity index (χ3v) is 3.39. The molecule has 5 heteroatoms. The standard InChI is InChI=1S/C13H15N3OS/c1-13(14,10-5-3-2-4-6-10)12(17)15-7-11-8-18-9-16-11/h2-6,8-9H,7,14H2,1H3,(H,15,17). The number of amides is 1. The third kappa shape index (κ3) is 2.75. The first-order chi connectivity index (χ1) is 8.60. The minimum Gasteiger partial charge on any atom is -0.349 e. The molecule has 1 unspecified atom stereocenters. The van der Waals surface area contributed by atoms with E-state index in [1.54, 1.807) is 12.4 Å². The van der Waals surface area contributed by atoms with Gasteiger partial charge in [0.25, 0.3) is 0 Å². The number of benzene rings is 1. The van der Waals surface area contributed by atoms with E-state index in [0.29, 0.717) is 6.54 Å². The topological polar surface area (TPSA) is 68.0 Å². The van der Waals surface area contributed by atoms with Crippen molar-refractivity contribution >= 4 is 17.2 Å². The SMILES string of the molecule is CC(N)(C(=O)NCc1cscn1)c1ccccc1. The lowest BCUT2D eigenvalue weighted by Crippen LogP contribution is -2.48. The van der Waals surface area contributed by atoms with Crippen molar-refractivity contribution in [3.8, 4) is 0 Å². The van der Waals surface area contributed by atoms with Crippen LogP contribution >= 0.6 is 11.3 Å². The molecule has 0 aliphatic heterocycles. The van der Waals surface area contributed by atoms with Crippen LogP contribution in [0.3, 0.4) is 0 Å². The minimum absolute atomic E-state index is 0.207. The molecule has 2 rings (SSSR count). The van der Waals surface area contributed by atoms with Crippen LogP contribution in [0.2, 0.25) is 0 Å². The van der Waals surface area contributed by atoms with E-state index in [2.05, 4.69) is 10.3 Å². The maximum atomic E-state index is 12.1. The van der Waals surface area contributed by atoms with Gasteiger partial charge in [-0.3, -0.25) is 4.79 Å². The van der Waals surface area contributed by atoms with Crippen molar-refractivity contribution < 1.29 is 4.79 Å². The highest BCUT2D eigenvalue weighted by Crippen LogP contribution is 2.17. The van der Waals surface area contributed by atoms with Gasteiger partial charge in [-0.2, -0.15) is 0 Å². The fourth-order valence-electron chi connectivity index (χ4n) is 1.59. The summed E-state index contributed by atoms with van der Waals surface area (Å²) in [5.41, 5.74) is 8.43. The van der Waals surface area contributed by atoms with Gasteiger partial charge in [0.05, 0.1) is 17.7 Å². The number of nitrogens with one attached hydrogen (secondary N) is 1. The summed E-state index contributed by atoms with van der Waals surface area (Å²) in [6, 6.07) is 9.33. The van der Waals surface area contributed by atoms with Gasteiger partial charge in [-0.15, -0.1) is 11.3 Å². The normalized spacial score (nSPS) is 13.9. The van der Waals surface area contributed by atoms with Gasteiger partial charge in [0, 0.05) is 5.38 Å². The van der Waals surface area contributed by atoms with Gasteiger partial charge in [0.1, 0.15) is 5.54 Å². The summed E-state index contributed by atoms with van der Waals surface area (Å²) in [6.45, 7) is 2.11. The van der Waals surface area contributed by atoms with Crippen molar-refractivity contribution in [2.24, 2.45) is 5.73 Å². The van der Waals surface area contributed by atoms with Crippen LogP contribution in [0.15, 0.2) is 41.2 Å². The lowest BCUT2D eigenvalue weighted by Gasteiger charge is -2.23. The van der Waals surface area contributed by atoms with Gasteiger partial charge >= 0.3 is 0 Å². The number of aromatic nitrogens is 1. The highest BCUT2D eigenvalue weighted by Gasteiger charge is 2.29.